The van der Waals surface area contributed by atoms with Gasteiger partial charge in [0.15, 0.2) is 0 Å². The lowest BCUT2D eigenvalue weighted by Crippen LogP contribution is -2.51. The molecule has 1 aliphatic carbocycles. The molecule has 24 heavy (non-hydrogen) atoms. The van der Waals surface area contributed by atoms with Gasteiger partial charge in [-0.05, 0) is 62.6 Å². The number of hydrogen-bond acceptors (Lipinski definition) is 2. The van der Waals surface area contributed by atoms with Crippen molar-refractivity contribution in [2.75, 3.05) is 7.05 Å². The Hall–Kier alpha value is -2.23. The molecule has 1 aliphatic heterocycles. The number of allylic oxidation sites excluding steroid dienone is 1. The third-order valence-electron chi connectivity index (χ3n) is 6.34. The van der Waals surface area contributed by atoms with Crippen molar-refractivity contribution in [1.29, 1.82) is 0 Å². The van der Waals surface area contributed by atoms with E-state index in [9.17, 15) is 9.90 Å². The Morgan fingerprint density at radius 2 is 2.08 bits per heavy atom. The van der Waals surface area contributed by atoms with E-state index in [4.69, 9.17) is 0 Å². The van der Waals surface area contributed by atoms with Gasteiger partial charge < -0.3 is 15.0 Å². The van der Waals surface area contributed by atoms with Crippen molar-refractivity contribution in [3.8, 4) is 0 Å². The SMILES string of the molecule is C/C(O)=C1\CC2c3c[nH]c4cccc(c34)CC2C(C)(C)N(C)C1=O. The topological polar surface area (TPSA) is 56.3 Å². The number of nitrogens with one attached hydrogen (secondary N) is 1. The summed E-state index contributed by atoms with van der Waals surface area (Å²) in [5.74, 6) is 0.644. The van der Waals surface area contributed by atoms with Crippen LogP contribution in [0.3, 0.4) is 0 Å². The molecule has 0 spiro atoms. The lowest BCUT2D eigenvalue weighted by molar-refractivity contribution is -0.131. The van der Waals surface area contributed by atoms with Gasteiger partial charge in [-0.3, -0.25) is 4.79 Å². The number of carbonyl (C=O) groups is 1. The molecule has 0 bridgehead atoms. The first-order valence-corrected chi connectivity index (χ1v) is 8.58. The number of benzene rings is 1. The number of aliphatic hydroxyl groups excluding tert-OH is 1. The van der Waals surface area contributed by atoms with Crippen LogP contribution in [0.1, 0.15) is 44.2 Å². The molecular weight excluding hydrogens is 300 g/mol. The number of likely N-dealkylation sites (tertiary alicyclic amines) is 1. The molecular formula is C20H24N2O2. The number of hydrogen-bond donors (Lipinski definition) is 2. The Labute approximate surface area is 142 Å². The first kappa shape index (κ1) is 15.3. The van der Waals surface area contributed by atoms with Crippen LogP contribution in [-0.2, 0) is 11.2 Å². The van der Waals surface area contributed by atoms with E-state index >= 15 is 0 Å². The molecule has 1 saturated heterocycles. The number of amides is 1. The Kier molecular flexibility index (Phi) is 3.11. The maximum absolute atomic E-state index is 12.9. The van der Waals surface area contributed by atoms with Gasteiger partial charge in [0, 0.05) is 29.7 Å². The first-order chi connectivity index (χ1) is 11.3. The van der Waals surface area contributed by atoms with E-state index < -0.39 is 0 Å². The minimum absolute atomic E-state index is 0.0507. The van der Waals surface area contributed by atoms with Crippen LogP contribution in [0.4, 0.5) is 0 Å². The molecule has 2 aliphatic rings. The molecule has 2 aromatic rings. The fourth-order valence-electron chi connectivity index (χ4n) is 4.66. The first-order valence-electron chi connectivity index (χ1n) is 8.58. The molecule has 1 fully saturated rings. The molecule has 2 atom stereocenters. The van der Waals surface area contributed by atoms with Crippen molar-refractivity contribution in [3.05, 3.63) is 46.9 Å². The van der Waals surface area contributed by atoms with E-state index in [2.05, 4.69) is 43.2 Å². The third-order valence-corrected chi connectivity index (χ3v) is 6.34. The van der Waals surface area contributed by atoms with E-state index in [0.717, 1.165) is 11.9 Å². The predicted molar refractivity (Wildman–Crippen MR) is 95.0 cm³/mol. The number of fused-ring (bicyclic) bond motifs is 2. The lowest BCUT2D eigenvalue weighted by atomic mass is 9.67. The largest absolute Gasteiger partial charge is 0.512 e. The Morgan fingerprint density at radius 1 is 1.33 bits per heavy atom. The predicted octanol–water partition coefficient (Wildman–Crippen LogP) is 3.90. The molecule has 1 amide bonds. The number of likely N-dealkylation sites (N-methyl/N-ethyl adjacent to an activating group) is 1. The fourth-order valence-corrected chi connectivity index (χ4v) is 4.66. The monoisotopic (exact) mass is 324 g/mol. The van der Waals surface area contributed by atoms with Gasteiger partial charge in [-0.15, -0.1) is 0 Å². The van der Waals surface area contributed by atoms with E-state index in [1.807, 2.05) is 11.9 Å². The van der Waals surface area contributed by atoms with Crippen LogP contribution < -0.4 is 0 Å². The number of carbonyl (C=O) groups excluding carboxylic acids is 1. The van der Waals surface area contributed by atoms with E-state index in [0.29, 0.717) is 17.9 Å². The molecule has 4 heteroatoms. The van der Waals surface area contributed by atoms with Gasteiger partial charge >= 0.3 is 0 Å². The van der Waals surface area contributed by atoms with Crippen LogP contribution >= 0.6 is 0 Å². The highest BCUT2D eigenvalue weighted by Gasteiger charge is 2.48. The summed E-state index contributed by atoms with van der Waals surface area (Å²) in [5.41, 5.74) is 4.07. The second kappa shape index (κ2) is 4.88. The standard InChI is InChI=1S/C20H24N2O2/c1-11(23)13-9-14-15-10-21-17-7-5-6-12(18(15)17)8-16(14)20(2,3)22(4)19(13)24/h5-7,10,14,16,21,23H,8-9H2,1-4H3/b13-11-. The van der Waals surface area contributed by atoms with Crippen LogP contribution in [0.2, 0.25) is 0 Å². The highest BCUT2D eigenvalue weighted by atomic mass is 16.3. The van der Waals surface area contributed by atoms with Gasteiger partial charge in [0.2, 0.25) is 0 Å². The highest BCUT2D eigenvalue weighted by molar-refractivity contribution is 5.95. The zero-order chi connectivity index (χ0) is 17.2. The average molecular weight is 324 g/mol. The normalized spacial score (nSPS) is 27.8. The number of H-pyrrole nitrogens is 1. The number of nitrogens with zero attached hydrogens (tertiary/aromatic N) is 1. The minimum Gasteiger partial charge on any atom is -0.512 e. The van der Waals surface area contributed by atoms with Gasteiger partial charge in [-0.25, -0.2) is 0 Å². The van der Waals surface area contributed by atoms with Gasteiger partial charge in [-0.1, -0.05) is 12.1 Å². The van der Waals surface area contributed by atoms with E-state index in [1.54, 1.807) is 6.92 Å². The van der Waals surface area contributed by atoms with Crippen molar-refractivity contribution >= 4 is 16.8 Å². The Morgan fingerprint density at radius 3 is 2.79 bits per heavy atom. The highest BCUT2D eigenvalue weighted by Crippen LogP contribution is 2.50. The van der Waals surface area contributed by atoms with Crippen molar-refractivity contribution in [2.24, 2.45) is 5.92 Å². The van der Waals surface area contributed by atoms with Gasteiger partial charge in [0.1, 0.15) is 0 Å². The summed E-state index contributed by atoms with van der Waals surface area (Å²) in [4.78, 5) is 18.1. The summed E-state index contributed by atoms with van der Waals surface area (Å²) >= 11 is 0. The van der Waals surface area contributed by atoms with Crippen LogP contribution in [0, 0.1) is 5.92 Å². The summed E-state index contributed by atoms with van der Waals surface area (Å²) in [6.45, 7) is 5.92. The van der Waals surface area contributed by atoms with Crippen LogP contribution in [-0.4, -0.2) is 33.5 Å². The van der Waals surface area contributed by atoms with Crippen molar-refractivity contribution in [3.63, 3.8) is 0 Å². The fraction of sp³-hybridized carbons (Fsp3) is 0.450. The van der Waals surface area contributed by atoms with Crippen molar-refractivity contribution < 1.29 is 9.90 Å². The average Bonchev–Trinajstić information content (AvgIpc) is 2.95. The molecule has 2 N–H and O–H groups in total. The number of rotatable bonds is 0. The maximum Gasteiger partial charge on any atom is 0.253 e. The zero-order valence-corrected chi connectivity index (χ0v) is 14.7. The summed E-state index contributed by atoms with van der Waals surface area (Å²) < 4.78 is 0. The van der Waals surface area contributed by atoms with E-state index in [-0.39, 0.29) is 23.1 Å². The smallest absolute Gasteiger partial charge is 0.253 e. The van der Waals surface area contributed by atoms with Crippen LogP contribution in [0.25, 0.3) is 10.9 Å². The van der Waals surface area contributed by atoms with E-state index in [1.165, 1.54) is 16.5 Å². The van der Waals surface area contributed by atoms with Gasteiger partial charge in [0.05, 0.1) is 11.3 Å². The number of aromatic nitrogens is 1. The summed E-state index contributed by atoms with van der Waals surface area (Å²) in [7, 11) is 1.86. The summed E-state index contributed by atoms with van der Waals surface area (Å²) in [6, 6.07) is 6.41. The van der Waals surface area contributed by atoms with Gasteiger partial charge in [0.25, 0.3) is 5.91 Å². The zero-order valence-electron chi connectivity index (χ0n) is 14.7. The molecule has 126 valence electrons. The maximum atomic E-state index is 12.9. The second-order valence-corrected chi connectivity index (χ2v) is 7.79. The molecule has 1 aromatic heterocycles. The quantitative estimate of drug-likeness (QED) is 0.570. The molecule has 0 saturated carbocycles. The Bertz CT molecular complexity index is 871. The van der Waals surface area contributed by atoms with Crippen molar-refractivity contribution in [2.45, 2.75) is 45.1 Å². The molecule has 4 rings (SSSR count). The number of aliphatic hydroxyl groups is 1. The van der Waals surface area contributed by atoms with Crippen LogP contribution in [0.15, 0.2) is 35.7 Å². The summed E-state index contributed by atoms with van der Waals surface area (Å²) in [5, 5.41) is 11.4. The Balaban J connectivity index is 1.96. The molecule has 1 aromatic carbocycles. The molecule has 0 radical (unpaired) electrons. The summed E-state index contributed by atoms with van der Waals surface area (Å²) in [6.07, 6.45) is 3.65. The third kappa shape index (κ3) is 1.89. The van der Waals surface area contributed by atoms with Gasteiger partial charge in [-0.2, -0.15) is 0 Å². The lowest BCUT2D eigenvalue weighted by Gasteiger charge is -2.44. The molecule has 2 heterocycles. The number of aromatic amines is 1. The van der Waals surface area contributed by atoms with Crippen LogP contribution in [0.5, 0.6) is 0 Å². The molecule has 4 nitrogen and oxygen atoms in total. The van der Waals surface area contributed by atoms with Crippen molar-refractivity contribution in [1.82, 2.24) is 9.88 Å². The minimum atomic E-state index is -0.282. The second-order valence-electron chi connectivity index (χ2n) is 7.79. The molecule has 2 unspecified atom stereocenters.